The smallest absolute Gasteiger partial charge is 0.140 e. The molecule has 0 aliphatic carbocycles. The minimum atomic E-state index is -0.270. The van der Waals surface area contributed by atoms with Crippen molar-refractivity contribution in [2.75, 3.05) is 11.4 Å². The fourth-order valence-electron chi connectivity index (χ4n) is 3.02. The van der Waals surface area contributed by atoms with E-state index in [1.54, 1.807) is 6.07 Å². The lowest BCUT2D eigenvalue weighted by atomic mass is 10.1. The monoisotopic (exact) mass is 372 g/mol. The van der Waals surface area contributed by atoms with Crippen LogP contribution in [-0.2, 0) is 13.0 Å². The third-order valence-corrected chi connectivity index (χ3v) is 4.49. The van der Waals surface area contributed by atoms with Crippen LogP contribution in [0, 0.1) is 12.7 Å². The molecular formula is C17H14BrFN4. The highest BCUT2D eigenvalue weighted by Crippen LogP contribution is 2.29. The average Bonchev–Trinajstić information content (AvgIpc) is 2.54. The molecule has 1 aliphatic heterocycles. The first-order valence-corrected chi connectivity index (χ1v) is 8.21. The topological polar surface area (TPSA) is 41.9 Å². The van der Waals surface area contributed by atoms with Gasteiger partial charge in [0.1, 0.15) is 17.5 Å². The quantitative estimate of drug-likeness (QED) is 0.651. The lowest BCUT2D eigenvalue weighted by Crippen LogP contribution is -2.32. The predicted octanol–water partition coefficient (Wildman–Crippen LogP) is 3.80. The van der Waals surface area contributed by atoms with Crippen molar-refractivity contribution in [1.82, 2.24) is 15.0 Å². The molecule has 0 N–H and O–H groups in total. The maximum absolute atomic E-state index is 13.7. The number of hydrogen-bond donors (Lipinski definition) is 0. The van der Waals surface area contributed by atoms with Gasteiger partial charge in [0.2, 0.25) is 0 Å². The van der Waals surface area contributed by atoms with E-state index in [2.05, 4.69) is 41.8 Å². The molecule has 3 heterocycles. The second-order valence-corrected chi connectivity index (χ2v) is 6.60. The van der Waals surface area contributed by atoms with Gasteiger partial charge in [-0.2, -0.15) is 0 Å². The molecule has 0 saturated heterocycles. The van der Waals surface area contributed by atoms with Gasteiger partial charge < -0.3 is 4.90 Å². The summed E-state index contributed by atoms with van der Waals surface area (Å²) in [7, 11) is 0. The van der Waals surface area contributed by atoms with Crippen molar-refractivity contribution in [3.8, 4) is 0 Å². The fourth-order valence-corrected chi connectivity index (χ4v) is 3.40. The average molecular weight is 373 g/mol. The van der Waals surface area contributed by atoms with Crippen LogP contribution < -0.4 is 4.90 Å². The summed E-state index contributed by atoms with van der Waals surface area (Å²) in [6, 6.07) is 6.74. The second kappa shape index (κ2) is 5.53. The fraction of sp³-hybridized carbons (Fsp3) is 0.235. The molecule has 0 amide bonds. The molecule has 3 aromatic rings. The number of hydrogen-bond acceptors (Lipinski definition) is 4. The molecule has 6 heteroatoms. The summed E-state index contributed by atoms with van der Waals surface area (Å²) in [5.41, 5.74) is 3.06. The number of aromatic nitrogens is 3. The first-order valence-electron chi connectivity index (χ1n) is 7.42. The molecule has 2 aromatic heterocycles. The van der Waals surface area contributed by atoms with E-state index in [0.717, 1.165) is 39.9 Å². The van der Waals surface area contributed by atoms with E-state index in [4.69, 9.17) is 0 Å². The van der Waals surface area contributed by atoms with Gasteiger partial charge in [-0.25, -0.2) is 14.4 Å². The molecule has 0 saturated carbocycles. The largest absolute Gasteiger partial charge is 0.351 e. The third-order valence-electron chi connectivity index (χ3n) is 4.06. The SMILES string of the molecule is Cc1nc(N2CCc3ncc(Br)cc3C2)c2cc(F)ccc2n1. The van der Waals surface area contributed by atoms with Crippen LogP contribution in [0.2, 0.25) is 0 Å². The van der Waals surface area contributed by atoms with Gasteiger partial charge >= 0.3 is 0 Å². The Hall–Kier alpha value is -2.08. The van der Waals surface area contributed by atoms with E-state index in [1.807, 2.05) is 13.1 Å². The molecular weight excluding hydrogens is 359 g/mol. The maximum Gasteiger partial charge on any atom is 0.140 e. The van der Waals surface area contributed by atoms with E-state index in [1.165, 1.54) is 17.7 Å². The molecule has 1 aliphatic rings. The third kappa shape index (κ3) is 2.67. The Labute approximate surface area is 141 Å². The van der Waals surface area contributed by atoms with E-state index in [0.29, 0.717) is 12.4 Å². The molecule has 0 atom stereocenters. The van der Waals surface area contributed by atoms with Crippen molar-refractivity contribution in [3.63, 3.8) is 0 Å². The number of fused-ring (bicyclic) bond motifs is 2. The normalized spacial score (nSPS) is 14.1. The molecule has 0 bridgehead atoms. The Kier molecular flexibility index (Phi) is 3.49. The van der Waals surface area contributed by atoms with E-state index in [9.17, 15) is 4.39 Å². The van der Waals surface area contributed by atoms with Crippen molar-refractivity contribution < 1.29 is 4.39 Å². The van der Waals surface area contributed by atoms with Gasteiger partial charge in [-0.1, -0.05) is 0 Å². The van der Waals surface area contributed by atoms with Crippen LogP contribution in [0.4, 0.5) is 10.2 Å². The van der Waals surface area contributed by atoms with Gasteiger partial charge in [0, 0.05) is 41.3 Å². The van der Waals surface area contributed by atoms with Gasteiger partial charge in [-0.15, -0.1) is 0 Å². The van der Waals surface area contributed by atoms with Crippen LogP contribution in [0.1, 0.15) is 17.1 Å². The highest BCUT2D eigenvalue weighted by atomic mass is 79.9. The van der Waals surface area contributed by atoms with Crippen LogP contribution in [0.25, 0.3) is 10.9 Å². The molecule has 4 rings (SSSR count). The lowest BCUT2D eigenvalue weighted by Gasteiger charge is -2.30. The lowest BCUT2D eigenvalue weighted by molar-refractivity contribution is 0.629. The molecule has 0 radical (unpaired) electrons. The van der Waals surface area contributed by atoms with Gasteiger partial charge in [-0.05, 0) is 52.7 Å². The molecule has 0 fully saturated rings. The Morgan fingerprint density at radius 2 is 2.09 bits per heavy atom. The summed E-state index contributed by atoms with van der Waals surface area (Å²) in [6.07, 6.45) is 2.68. The number of nitrogens with zero attached hydrogens (tertiary/aromatic N) is 4. The minimum Gasteiger partial charge on any atom is -0.351 e. The highest BCUT2D eigenvalue weighted by molar-refractivity contribution is 9.10. The molecule has 116 valence electrons. The van der Waals surface area contributed by atoms with Crippen LogP contribution >= 0.6 is 15.9 Å². The van der Waals surface area contributed by atoms with Crippen LogP contribution in [-0.4, -0.2) is 21.5 Å². The van der Waals surface area contributed by atoms with Crippen molar-refractivity contribution >= 4 is 32.7 Å². The molecule has 1 aromatic carbocycles. The zero-order chi connectivity index (χ0) is 16.0. The summed E-state index contributed by atoms with van der Waals surface area (Å²) in [5, 5.41) is 0.752. The van der Waals surface area contributed by atoms with Crippen molar-refractivity contribution in [1.29, 1.82) is 0 Å². The first kappa shape index (κ1) is 14.5. The summed E-state index contributed by atoms with van der Waals surface area (Å²) in [6.45, 7) is 3.38. The van der Waals surface area contributed by atoms with Crippen LogP contribution in [0.5, 0.6) is 0 Å². The Balaban J connectivity index is 1.82. The van der Waals surface area contributed by atoms with E-state index >= 15 is 0 Å². The number of benzene rings is 1. The molecule has 4 nitrogen and oxygen atoms in total. The number of aryl methyl sites for hydroxylation is 1. The minimum absolute atomic E-state index is 0.270. The Morgan fingerprint density at radius 3 is 2.96 bits per heavy atom. The standard InChI is InChI=1S/C17H14BrFN4/c1-10-21-16-3-2-13(19)7-14(16)17(22-10)23-5-4-15-11(9-23)6-12(18)8-20-15/h2-3,6-8H,4-5,9H2,1H3. The highest BCUT2D eigenvalue weighted by Gasteiger charge is 2.21. The zero-order valence-electron chi connectivity index (χ0n) is 12.6. The van der Waals surface area contributed by atoms with Gasteiger partial charge in [-0.3, -0.25) is 4.98 Å². The number of pyridine rings is 1. The zero-order valence-corrected chi connectivity index (χ0v) is 14.1. The summed E-state index contributed by atoms with van der Waals surface area (Å²) < 4.78 is 14.7. The van der Waals surface area contributed by atoms with Crippen molar-refractivity contribution in [3.05, 3.63) is 57.8 Å². The van der Waals surface area contributed by atoms with Gasteiger partial charge in [0.15, 0.2) is 0 Å². The number of rotatable bonds is 1. The second-order valence-electron chi connectivity index (χ2n) is 5.69. The Morgan fingerprint density at radius 1 is 1.22 bits per heavy atom. The summed E-state index contributed by atoms with van der Waals surface area (Å²) in [4.78, 5) is 15.6. The summed E-state index contributed by atoms with van der Waals surface area (Å²) in [5.74, 6) is 1.21. The van der Waals surface area contributed by atoms with Crippen LogP contribution in [0.3, 0.4) is 0 Å². The molecule has 0 spiro atoms. The maximum atomic E-state index is 13.7. The first-order chi connectivity index (χ1) is 11.1. The van der Waals surface area contributed by atoms with E-state index < -0.39 is 0 Å². The predicted molar refractivity (Wildman–Crippen MR) is 90.9 cm³/mol. The number of halogens is 2. The van der Waals surface area contributed by atoms with Crippen LogP contribution in [0.15, 0.2) is 34.9 Å². The number of anilines is 1. The molecule has 0 unspecified atom stereocenters. The van der Waals surface area contributed by atoms with Gasteiger partial charge in [0.25, 0.3) is 0 Å². The molecule has 23 heavy (non-hydrogen) atoms. The summed E-state index contributed by atoms with van der Waals surface area (Å²) >= 11 is 3.47. The van der Waals surface area contributed by atoms with Crippen molar-refractivity contribution in [2.45, 2.75) is 19.9 Å². The van der Waals surface area contributed by atoms with E-state index in [-0.39, 0.29) is 5.82 Å². The van der Waals surface area contributed by atoms with Crippen molar-refractivity contribution in [2.24, 2.45) is 0 Å². The Bertz CT molecular complexity index is 912. The van der Waals surface area contributed by atoms with Gasteiger partial charge in [0.05, 0.1) is 5.52 Å².